The van der Waals surface area contributed by atoms with Gasteiger partial charge in [-0.3, -0.25) is 24.6 Å². The molecule has 0 aliphatic rings. The van der Waals surface area contributed by atoms with Crippen LogP contribution in [0, 0.1) is 0 Å². The number of hydrazine groups is 1. The molecule has 11 nitrogen and oxygen atoms in total. The summed E-state index contributed by atoms with van der Waals surface area (Å²) in [6.45, 7) is 2.20. The van der Waals surface area contributed by atoms with Crippen LogP contribution in [0.15, 0.2) is 30.3 Å². The molecule has 0 saturated carbocycles. The molecule has 0 aromatic heterocycles. The van der Waals surface area contributed by atoms with Gasteiger partial charge in [-0.2, -0.15) is 0 Å². The summed E-state index contributed by atoms with van der Waals surface area (Å²) in [5.74, 6) is -3.56. The molecular weight excluding hydrogens is 418 g/mol. The molecule has 0 heterocycles. The highest BCUT2D eigenvalue weighted by Crippen LogP contribution is 2.01. The lowest BCUT2D eigenvalue weighted by Gasteiger charge is -2.24. The van der Waals surface area contributed by atoms with Gasteiger partial charge in [-0.25, -0.2) is 9.80 Å². The van der Waals surface area contributed by atoms with Gasteiger partial charge >= 0.3 is 6.09 Å². The summed E-state index contributed by atoms with van der Waals surface area (Å²) in [5, 5.41) is 5.36. The second-order valence-electron chi connectivity index (χ2n) is 6.21. The van der Waals surface area contributed by atoms with Gasteiger partial charge in [-0.1, -0.05) is 30.3 Å². The Morgan fingerprint density at radius 1 is 1.03 bits per heavy atom. The van der Waals surface area contributed by atoms with Crippen molar-refractivity contribution in [2.45, 2.75) is 32.5 Å². The number of nitrogens with zero attached hydrogens (tertiary/aromatic N) is 1. The maximum atomic E-state index is 12.2. The number of carbonyl (C=O) groups excluding carboxylic acids is 5. The number of halogens is 1. The van der Waals surface area contributed by atoms with Crippen molar-refractivity contribution in [1.29, 1.82) is 0 Å². The van der Waals surface area contributed by atoms with Gasteiger partial charge in [0, 0.05) is 0 Å². The van der Waals surface area contributed by atoms with Crippen molar-refractivity contribution in [3.05, 3.63) is 35.9 Å². The van der Waals surface area contributed by atoms with Crippen molar-refractivity contribution in [2.24, 2.45) is 5.73 Å². The normalized spacial score (nSPS) is 12.1. The number of carbonyl (C=O) groups is 5. The van der Waals surface area contributed by atoms with Gasteiger partial charge in [0.2, 0.25) is 11.8 Å². The molecular formula is C18H24ClN5O6. The maximum absolute atomic E-state index is 12.2. The Morgan fingerprint density at radius 3 is 2.20 bits per heavy atom. The second-order valence-corrected chi connectivity index (χ2v) is 6.48. The van der Waals surface area contributed by atoms with Crippen LogP contribution in [0.5, 0.6) is 0 Å². The van der Waals surface area contributed by atoms with Gasteiger partial charge in [-0.15, -0.1) is 11.6 Å². The lowest BCUT2D eigenvalue weighted by molar-refractivity contribution is -0.143. The van der Waals surface area contributed by atoms with Crippen LogP contribution in [0.4, 0.5) is 4.79 Å². The number of hydrogen-bond acceptors (Lipinski definition) is 6. The third-order valence-electron chi connectivity index (χ3n) is 3.67. The summed E-state index contributed by atoms with van der Waals surface area (Å²) in [7, 11) is 0. The Bertz CT molecular complexity index is 776. The summed E-state index contributed by atoms with van der Waals surface area (Å²) < 4.78 is 5.02. The summed E-state index contributed by atoms with van der Waals surface area (Å²) in [5.41, 5.74) is 7.95. The SMILES string of the molecule is CC(NC(=O)OCc1ccccc1)C(=O)NC(C)C(=O)NN(CC(N)=O)C(=O)CCl. The zero-order chi connectivity index (χ0) is 22.7. The first kappa shape index (κ1) is 24.7. The fraction of sp³-hybridized carbons (Fsp3) is 0.389. The number of ether oxygens (including phenoxy) is 1. The molecule has 2 atom stereocenters. The number of hydrogen-bond donors (Lipinski definition) is 4. The van der Waals surface area contributed by atoms with E-state index in [1.807, 2.05) is 6.07 Å². The van der Waals surface area contributed by atoms with E-state index in [0.717, 1.165) is 5.56 Å². The van der Waals surface area contributed by atoms with E-state index < -0.39 is 54.2 Å². The van der Waals surface area contributed by atoms with Gasteiger partial charge in [0.1, 0.15) is 31.1 Å². The minimum absolute atomic E-state index is 0.0319. The van der Waals surface area contributed by atoms with Crippen molar-refractivity contribution < 1.29 is 28.7 Å². The van der Waals surface area contributed by atoms with Crippen molar-refractivity contribution >= 4 is 41.3 Å². The highest BCUT2D eigenvalue weighted by atomic mass is 35.5. The van der Waals surface area contributed by atoms with E-state index >= 15 is 0 Å². The number of alkyl halides is 1. The van der Waals surface area contributed by atoms with Gasteiger partial charge in [0.15, 0.2) is 0 Å². The molecule has 1 aromatic rings. The summed E-state index contributed by atoms with van der Waals surface area (Å²) in [6.07, 6.45) is -0.807. The monoisotopic (exact) mass is 441 g/mol. The molecule has 0 aliphatic carbocycles. The quantitative estimate of drug-likeness (QED) is 0.295. The number of nitrogens with one attached hydrogen (secondary N) is 3. The van der Waals surface area contributed by atoms with Crippen LogP contribution < -0.4 is 21.8 Å². The first-order valence-electron chi connectivity index (χ1n) is 8.86. The molecule has 0 radical (unpaired) electrons. The van der Waals surface area contributed by atoms with E-state index in [1.54, 1.807) is 24.3 Å². The maximum Gasteiger partial charge on any atom is 0.408 e. The van der Waals surface area contributed by atoms with Gasteiger partial charge in [-0.05, 0) is 19.4 Å². The van der Waals surface area contributed by atoms with Crippen molar-refractivity contribution in [2.75, 3.05) is 12.4 Å². The smallest absolute Gasteiger partial charge is 0.408 e. The first-order valence-corrected chi connectivity index (χ1v) is 9.40. The molecule has 0 saturated heterocycles. The molecule has 164 valence electrons. The fourth-order valence-corrected chi connectivity index (χ4v) is 2.20. The number of alkyl carbamates (subject to hydrolysis) is 1. The van der Waals surface area contributed by atoms with Crippen LogP contribution in [0.25, 0.3) is 0 Å². The van der Waals surface area contributed by atoms with E-state index in [4.69, 9.17) is 22.1 Å². The zero-order valence-corrected chi connectivity index (χ0v) is 17.3. The Hall–Kier alpha value is -3.34. The molecule has 5 N–H and O–H groups in total. The largest absolute Gasteiger partial charge is 0.445 e. The average Bonchev–Trinajstić information content (AvgIpc) is 2.71. The number of amides is 5. The predicted molar refractivity (Wildman–Crippen MR) is 107 cm³/mol. The molecule has 12 heteroatoms. The highest BCUT2D eigenvalue weighted by Gasteiger charge is 2.24. The third kappa shape index (κ3) is 8.78. The lowest BCUT2D eigenvalue weighted by atomic mass is 10.2. The molecule has 30 heavy (non-hydrogen) atoms. The highest BCUT2D eigenvalue weighted by molar-refractivity contribution is 6.27. The molecule has 5 amide bonds. The Balaban J connectivity index is 2.50. The number of rotatable bonds is 9. The number of nitrogens with two attached hydrogens (primary N) is 1. The van der Waals surface area contributed by atoms with E-state index in [0.29, 0.717) is 5.01 Å². The fourth-order valence-electron chi connectivity index (χ4n) is 2.06. The molecule has 0 aliphatic heterocycles. The average molecular weight is 442 g/mol. The van der Waals surface area contributed by atoms with E-state index in [1.165, 1.54) is 13.8 Å². The Labute approximate surface area is 178 Å². The summed E-state index contributed by atoms with van der Waals surface area (Å²) in [6, 6.07) is 6.87. The summed E-state index contributed by atoms with van der Waals surface area (Å²) >= 11 is 5.42. The van der Waals surface area contributed by atoms with Crippen LogP contribution in [0.2, 0.25) is 0 Å². The van der Waals surface area contributed by atoms with Crippen LogP contribution in [-0.2, 0) is 30.5 Å². The Morgan fingerprint density at radius 2 is 1.63 bits per heavy atom. The molecule has 0 fully saturated rings. The van der Waals surface area contributed by atoms with Gasteiger partial charge < -0.3 is 21.1 Å². The van der Waals surface area contributed by atoms with E-state index in [9.17, 15) is 24.0 Å². The molecule has 0 spiro atoms. The van der Waals surface area contributed by atoms with Crippen LogP contribution in [0.1, 0.15) is 19.4 Å². The van der Waals surface area contributed by atoms with Gasteiger partial charge in [0.25, 0.3) is 11.8 Å². The second kappa shape index (κ2) is 12.3. The summed E-state index contributed by atoms with van der Waals surface area (Å²) in [4.78, 5) is 58.8. The standard InChI is InChI=1S/C18H24ClN5O6/c1-11(22-18(29)30-10-13-6-4-3-5-7-13)16(27)21-12(2)17(28)23-24(9-14(20)25)15(26)8-19/h3-7,11-12H,8-10H2,1-2H3,(H2,20,25)(H,21,27)(H,22,29)(H,23,28). The van der Waals surface area contributed by atoms with E-state index in [2.05, 4.69) is 16.1 Å². The first-order chi connectivity index (χ1) is 14.1. The molecule has 1 rings (SSSR count). The van der Waals surface area contributed by atoms with Gasteiger partial charge in [0.05, 0.1) is 0 Å². The topological polar surface area (TPSA) is 160 Å². The zero-order valence-electron chi connectivity index (χ0n) is 16.5. The Kier molecular flexibility index (Phi) is 10.1. The van der Waals surface area contributed by atoms with Crippen LogP contribution in [0.3, 0.4) is 0 Å². The number of benzene rings is 1. The van der Waals surface area contributed by atoms with Crippen LogP contribution in [-0.4, -0.2) is 59.2 Å². The minimum Gasteiger partial charge on any atom is -0.445 e. The molecule has 0 bridgehead atoms. The number of primary amides is 1. The lowest BCUT2D eigenvalue weighted by Crippen LogP contribution is -2.57. The van der Waals surface area contributed by atoms with Crippen molar-refractivity contribution in [3.8, 4) is 0 Å². The molecule has 1 aromatic carbocycles. The van der Waals surface area contributed by atoms with Crippen LogP contribution >= 0.6 is 11.6 Å². The third-order valence-corrected chi connectivity index (χ3v) is 3.90. The minimum atomic E-state index is -1.10. The molecule has 2 unspecified atom stereocenters. The van der Waals surface area contributed by atoms with Crippen molar-refractivity contribution in [3.63, 3.8) is 0 Å². The predicted octanol–water partition coefficient (Wildman–Crippen LogP) is -0.610. The van der Waals surface area contributed by atoms with E-state index in [-0.39, 0.29) is 6.61 Å². The van der Waals surface area contributed by atoms with Crippen molar-refractivity contribution in [1.82, 2.24) is 21.1 Å².